The highest BCUT2D eigenvalue weighted by molar-refractivity contribution is 4.87. The molecule has 20 heavy (non-hydrogen) atoms. The van der Waals surface area contributed by atoms with Crippen LogP contribution in [-0.4, -0.2) is 13.1 Å². The van der Waals surface area contributed by atoms with Gasteiger partial charge in [0, 0.05) is 0 Å². The van der Waals surface area contributed by atoms with Gasteiger partial charge in [-0.25, -0.2) is 0 Å². The van der Waals surface area contributed by atoms with Crippen LogP contribution in [0.3, 0.4) is 0 Å². The molecule has 1 heteroatoms. The lowest BCUT2D eigenvalue weighted by molar-refractivity contribution is 0.0784. The average molecular weight is 280 g/mol. The minimum Gasteiger partial charge on any atom is -0.316 e. The van der Waals surface area contributed by atoms with Gasteiger partial charge >= 0.3 is 0 Å². The molecular formula is C19H37N. The van der Waals surface area contributed by atoms with E-state index in [1.807, 2.05) is 0 Å². The number of rotatable bonds is 6. The molecule has 0 bridgehead atoms. The van der Waals surface area contributed by atoms with E-state index in [-0.39, 0.29) is 0 Å². The maximum atomic E-state index is 3.76. The lowest BCUT2D eigenvalue weighted by Crippen LogP contribution is -2.38. The summed E-state index contributed by atoms with van der Waals surface area (Å²) in [6, 6.07) is 0. The molecule has 0 aromatic rings. The van der Waals surface area contributed by atoms with Crippen LogP contribution in [0, 0.1) is 29.6 Å². The van der Waals surface area contributed by atoms with Crippen molar-refractivity contribution < 1.29 is 0 Å². The number of hydrogen-bond donors (Lipinski definition) is 1. The van der Waals surface area contributed by atoms with Gasteiger partial charge in [0.15, 0.2) is 0 Å². The SMILES string of the molecule is CCC1CCCCC1C1CCCCC1CNCC(C)C. The highest BCUT2D eigenvalue weighted by Gasteiger charge is 2.36. The van der Waals surface area contributed by atoms with E-state index in [0.717, 1.165) is 29.6 Å². The Hall–Kier alpha value is -0.0400. The first-order chi connectivity index (χ1) is 9.72. The molecule has 2 saturated carbocycles. The topological polar surface area (TPSA) is 12.0 Å². The standard InChI is InChI=1S/C19H37N/c1-4-16-9-5-7-11-18(16)19-12-8-6-10-17(19)14-20-13-15(2)3/h15-20H,4-14H2,1-3H3. The first-order valence-corrected chi connectivity index (χ1v) is 9.43. The van der Waals surface area contributed by atoms with Gasteiger partial charge in [0.05, 0.1) is 0 Å². The lowest BCUT2D eigenvalue weighted by atomic mass is 9.63. The molecule has 4 unspecified atom stereocenters. The summed E-state index contributed by atoms with van der Waals surface area (Å²) in [6.45, 7) is 9.55. The van der Waals surface area contributed by atoms with Gasteiger partial charge in [-0.2, -0.15) is 0 Å². The molecule has 2 fully saturated rings. The highest BCUT2D eigenvalue weighted by atomic mass is 14.9. The summed E-state index contributed by atoms with van der Waals surface area (Å²) in [5.74, 6) is 4.89. The van der Waals surface area contributed by atoms with Crippen LogP contribution in [0.5, 0.6) is 0 Å². The van der Waals surface area contributed by atoms with Crippen LogP contribution in [0.1, 0.15) is 78.6 Å². The molecule has 0 radical (unpaired) electrons. The van der Waals surface area contributed by atoms with E-state index in [0.29, 0.717) is 0 Å². The smallest absolute Gasteiger partial charge is 0.00177 e. The van der Waals surface area contributed by atoms with Crippen molar-refractivity contribution in [2.45, 2.75) is 78.6 Å². The van der Waals surface area contributed by atoms with Gasteiger partial charge in [-0.15, -0.1) is 0 Å². The Morgan fingerprint density at radius 3 is 2.00 bits per heavy atom. The van der Waals surface area contributed by atoms with Gasteiger partial charge in [0.1, 0.15) is 0 Å². The van der Waals surface area contributed by atoms with Gasteiger partial charge in [-0.3, -0.25) is 0 Å². The van der Waals surface area contributed by atoms with E-state index in [1.54, 1.807) is 0 Å². The summed E-state index contributed by atoms with van der Waals surface area (Å²) < 4.78 is 0. The first kappa shape index (κ1) is 16.3. The fourth-order valence-corrected chi connectivity index (χ4v) is 4.92. The third-order valence-corrected chi connectivity index (χ3v) is 5.97. The molecule has 1 nitrogen and oxygen atoms in total. The Kier molecular flexibility index (Phi) is 6.87. The van der Waals surface area contributed by atoms with E-state index in [9.17, 15) is 0 Å². The molecular weight excluding hydrogens is 242 g/mol. The summed E-state index contributed by atoms with van der Waals surface area (Å²) in [5, 5.41) is 3.76. The summed E-state index contributed by atoms with van der Waals surface area (Å²) in [5.41, 5.74) is 0. The third-order valence-electron chi connectivity index (χ3n) is 5.97. The van der Waals surface area contributed by atoms with Gasteiger partial charge < -0.3 is 5.32 Å². The summed E-state index contributed by atoms with van der Waals surface area (Å²) in [7, 11) is 0. The second-order valence-corrected chi connectivity index (χ2v) is 7.88. The van der Waals surface area contributed by atoms with E-state index in [1.165, 1.54) is 70.9 Å². The molecule has 2 aliphatic rings. The van der Waals surface area contributed by atoms with E-state index < -0.39 is 0 Å². The molecule has 0 aliphatic heterocycles. The van der Waals surface area contributed by atoms with Crippen molar-refractivity contribution in [1.82, 2.24) is 5.32 Å². The molecule has 0 aromatic carbocycles. The minimum atomic E-state index is 0.787. The zero-order valence-corrected chi connectivity index (χ0v) is 14.2. The molecule has 0 spiro atoms. The quantitative estimate of drug-likeness (QED) is 0.700. The van der Waals surface area contributed by atoms with Crippen LogP contribution >= 0.6 is 0 Å². The molecule has 2 rings (SSSR count). The van der Waals surface area contributed by atoms with E-state index in [4.69, 9.17) is 0 Å². The monoisotopic (exact) mass is 279 g/mol. The highest BCUT2D eigenvalue weighted by Crippen LogP contribution is 2.45. The van der Waals surface area contributed by atoms with Gasteiger partial charge in [-0.05, 0) is 61.9 Å². The van der Waals surface area contributed by atoms with Crippen LogP contribution in [0.25, 0.3) is 0 Å². The van der Waals surface area contributed by atoms with Gasteiger partial charge in [0.2, 0.25) is 0 Å². The fraction of sp³-hybridized carbons (Fsp3) is 1.00. The zero-order chi connectivity index (χ0) is 14.4. The molecule has 0 aromatic heterocycles. The summed E-state index contributed by atoms with van der Waals surface area (Å²) >= 11 is 0. The predicted octanol–water partition coefficient (Wildman–Crippen LogP) is 5.25. The Bertz CT molecular complexity index is 260. The van der Waals surface area contributed by atoms with Crippen LogP contribution in [-0.2, 0) is 0 Å². The maximum absolute atomic E-state index is 3.76. The van der Waals surface area contributed by atoms with Crippen molar-refractivity contribution >= 4 is 0 Å². The second kappa shape index (κ2) is 8.41. The second-order valence-electron chi connectivity index (χ2n) is 7.88. The maximum Gasteiger partial charge on any atom is -0.00177 e. The van der Waals surface area contributed by atoms with Gasteiger partial charge in [-0.1, -0.05) is 59.3 Å². The molecule has 0 amide bonds. The average Bonchev–Trinajstić information content (AvgIpc) is 2.47. The van der Waals surface area contributed by atoms with Crippen molar-refractivity contribution in [3.05, 3.63) is 0 Å². The number of hydrogen-bond acceptors (Lipinski definition) is 1. The van der Waals surface area contributed by atoms with Crippen LogP contribution < -0.4 is 5.32 Å². The van der Waals surface area contributed by atoms with Crippen molar-refractivity contribution in [3.63, 3.8) is 0 Å². The van der Waals surface area contributed by atoms with Crippen molar-refractivity contribution in [2.24, 2.45) is 29.6 Å². The third kappa shape index (κ3) is 4.48. The molecule has 118 valence electrons. The van der Waals surface area contributed by atoms with Crippen LogP contribution in [0.15, 0.2) is 0 Å². The Balaban J connectivity index is 1.91. The van der Waals surface area contributed by atoms with Crippen molar-refractivity contribution in [1.29, 1.82) is 0 Å². The molecule has 4 atom stereocenters. The normalized spacial score (nSPS) is 35.4. The van der Waals surface area contributed by atoms with Crippen molar-refractivity contribution in [3.8, 4) is 0 Å². The summed E-state index contributed by atoms with van der Waals surface area (Å²) in [4.78, 5) is 0. The lowest BCUT2D eigenvalue weighted by Gasteiger charge is -2.43. The minimum absolute atomic E-state index is 0.787. The Morgan fingerprint density at radius 2 is 1.40 bits per heavy atom. The zero-order valence-electron chi connectivity index (χ0n) is 14.2. The Labute approximate surface area is 127 Å². The molecule has 0 saturated heterocycles. The molecule has 0 heterocycles. The Morgan fingerprint density at radius 1 is 0.850 bits per heavy atom. The van der Waals surface area contributed by atoms with E-state index >= 15 is 0 Å². The predicted molar refractivity (Wildman–Crippen MR) is 88.9 cm³/mol. The number of nitrogens with one attached hydrogen (secondary N) is 1. The molecule has 2 aliphatic carbocycles. The molecule has 1 N–H and O–H groups in total. The largest absolute Gasteiger partial charge is 0.316 e. The fourth-order valence-electron chi connectivity index (χ4n) is 4.92. The summed E-state index contributed by atoms with van der Waals surface area (Å²) in [6.07, 6.45) is 13.5. The van der Waals surface area contributed by atoms with Crippen molar-refractivity contribution in [2.75, 3.05) is 13.1 Å². The van der Waals surface area contributed by atoms with E-state index in [2.05, 4.69) is 26.1 Å². The van der Waals surface area contributed by atoms with Crippen LogP contribution in [0.2, 0.25) is 0 Å². The first-order valence-electron chi connectivity index (χ1n) is 9.43. The van der Waals surface area contributed by atoms with Gasteiger partial charge in [0.25, 0.3) is 0 Å². The van der Waals surface area contributed by atoms with Crippen LogP contribution in [0.4, 0.5) is 0 Å².